The highest BCUT2D eigenvalue weighted by Gasteiger charge is 2.23. The van der Waals surface area contributed by atoms with E-state index in [1.165, 1.54) is 16.7 Å². The first kappa shape index (κ1) is 21.3. The number of terminal acetylenes is 1. The van der Waals surface area contributed by atoms with Gasteiger partial charge in [-0.05, 0) is 60.7 Å². The Morgan fingerprint density at radius 1 is 0.853 bits per heavy atom. The Bertz CT molecular complexity index is 1300. The van der Waals surface area contributed by atoms with E-state index in [0.717, 1.165) is 24.2 Å². The Labute approximate surface area is 198 Å². The van der Waals surface area contributed by atoms with Crippen molar-refractivity contribution in [1.82, 2.24) is 19.7 Å². The molecule has 0 bridgehead atoms. The molecule has 1 aromatic heterocycles. The lowest BCUT2D eigenvalue weighted by Gasteiger charge is -2.35. The first-order chi connectivity index (χ1) is 16.7. The number of ether oxygens (including phenoxy) is 1. The number of carbonyl (C=O) groups excluding carboxylic acids is 1. The third-order valence-electron chi connectivity index (χ3n) is 5.73. The molecule has 0 radical (unpaired) electrons. The average molecular weight is 450 g/mol. The standard InChI is InChI=1S/C27H23N5O2/c1-2-21-8-12-24(13-9-21)34-25-14-10-22(11-15-25)26-28-20-32(29-26)27(33)31-18-16-30(17-19-31)23-6-4-3-5-7-23/h1,3-15,20H,16-19H2. The SMILES string of the molecule is C#Cc1ccc(Oc2ccc(-c3ncn(C(=O)N4CCN(c5ccccc5)CC4)n3)cc2)cc1. The summed E-state index contributed by atoms with van der Waals surface area (Å²) in [6.07, 6.45) is 6.86. The zero-order valence-corrected chi connectivity index (χ0v) is 18.5. The van der Waals surface area contributed by atoms with Crippen molar-refractivity contribution in [1.29, 1.82) is 0 Å². The van der Waals surface area contributed by atoms with E-state index >= 15 is 0 Å². The monoisotopic (exact) mass is 449 g/mol. The van der Waals surface area contributed by atoms with Crippen LogP contribution in [0, 0.1) is 12.3 Å². The number of nitrogens with zero attached hydrogens (tertiary/aromatic N) is 5. The summed E-state index contributed by atoms with van der Waals surface area (Å²) in [5.74, 6) is 4.46. The molecule has 4 aromatic rings. The first-order valence-corrected chi connectivity index (χ1v) is 11.1. The van der Waals surface area contributed by atoms with E-state index in [9.17, 15) is 4.79 Å². The molecule has 0 unspecified atom stereocenters. The molecule has 0 atom stereocenters. The fourth-order valence-corrected chi connectivity index (χ4v) is 3.85. The van der Waals surface area contributed by atoms with Gasteiger partial charge in [-0.2, -0.15) is 4.68 Å². The number of hydrogen-bond acceptors (Lipinski definition) is 5. The fourth-order valence-electron chi connectivity index (χ4n) is 3.85. The van der Waals surface area contributed by atoms with Crippen LogP contribution in [0.2, 0.25) is 0 Å². The van der Waals surface area contributed by atoms with Gasteiger partial charge in [0.25, 0.3) is 0 Å². The molecule has 0 aliphatic carbocycles. The van der Waals surface area contributed by atoms with Crippen LogP contribution in [-0.4, -0.2) is 51.9 Å². The first-order valence-electron chi connectivity index (χ1n) is 11.1. The van der Waals surface area contributed by atoms with E-state index in [0.29, 0.717) is 30.4 Å². The van der Waals surface area contributed by atoms with E-state index in [1.807, 2.05) is 66.7 Å². The van der Waals surface area contributed by atoms with Crippen molar-refractivity contribution in [2.24, 2.45) is 0 Å². The van der Waals surface area contributed by atoms with E-state index in [2.05, 4.69) is 33.0 Å². The van der Waals surface area contributed by atoms with Gasteiger partial charge >= 0.3 is 6.03 Å². The topological polar surface area (TPSA) is 63.5 Å². The number of aromatic nitrogens is 3. The molecule has 1 fully saturated rings. The van der Waals surface area contributed by atoms with Crippen molar-refractivity contribution in [3.8, 4) is 35.2 Å². The molecule has 3 aromatic carbocycles. The van der Waals surface area contributed by atoms with Crippen molar-refractivity contribution in [2.45, 2.75) is 0 Å². The molecular formula is C27H23N5O2. The molecule has 0 N–H and O–H groups in total. The largest absolute Gasteiger partial charge is 0.457 e. The maximum atomic E-state index is 12.9. The van der Waals surface area contributed by atoms with Crippen LogP contribution in [-0.2, 0) is 0 Å². The molecule has 7 nitrogen and oxygen atoms in total. The third kappa shape index (κ3) is 4.62. The number of carbonyl (C=O) groups is 1. The van der Waals surface area contributed by atoms with Crippen LogP contribution in [0.25, 0.3) is 11.4 Å². The number of benzene rings is 3. The van der Waals surface area contributed by atoms with Crippen molar-refractivity contribution in [3.05, 3.63) is 90.8 Å². The number of rotatable bonds is 4. The van der Waals surface area contributed by atoms with Gasteiger partial charge in [0.15, 0.2) is 5.82 Å². The predicted molar refractivity (Wildman–Crippen MR) is 131 cm³/mol. The lowest BCUT2D eigenvalue weighted by atomic mass is 10.2. The Morgan fingerprint density at radius 3 is 2.15 bits per heavy atom. The van der Waals surface area contributed by atoms with Crippen molar-refractivity contribution in [3.63, 3.8) is 0 Å². The summed E-state index contributed by atoms with van der Waals surface area (Å²) in [4.78, 5) is 21.3. The summed E-state index contributed by atoms with van der Waals surface area (Å²) >= 11 is 0. The summed E-state index contributed by atoms with van der Waals surface area (Å²) in [7, 11) is 0. The van der Waals surface area contributed by atoms with Gasteiger partial charge in [-0.1, -0.05) is 24.1 Å². The van der Waals surface area contributed by atoms with Gasteiger partial charge in [0.05, 0.1) is 0 Å². The summed E-state index contributed by atoms with van der Waals surface area (Å²) in [6.45, 7) is 2.84. The lowest BCUT2D eigenvalue weighted by molar-refractivity contribution is 0.192. The zero-order valence-electron chi connectivity index (χ0n) is 18.5. The molecule has 7 heteroatoms. The maximum absolute atomic E-state index is 12.9. The molecule has 1 saturated heterocycles. The Hall–Kier alpha value is -4.57. The lowest BCUT2D eigenvalue weighted by Crippen LogP contribution is -2.50. The van der Waals surface area contributed by atoms with Crippen LogP contribution in [0.3, 0.4) is 0 Å². The summed E-state index contributed by atoms with van der Waals surface area (Å²) in [6, 6.07) is 24.8. The Kier molecular flexibility index (Phi) is 5.95. The highest BCUT2D eigenvalue weighted by atomic mass is 16.5. The van der Waals surface area contributed by atoms with E-state index < -0.39 is 0 Å². The van der Waals surface area contributed by atoms with Crippen LogP contribution in [0.15, 0.2) is 85.2 Å². The van der Waals surface area contributed by atoms with Gasteiger partial charge in [0.2, 0.25) is 0 Å². The van der Waals surface area contributed by atoms with E-state index in [4.69, 9.17) is 11.2 Å². The molecule has 168 valence electrons. The molecule has 0 saturated carbocycles. The van der Waals surface area contributed by atoms with Crippen molar-refractivity contribution >= 4 is 11.7 Å². The van der Waals surface area contributed by atoms with Gasteiger partial charge in [-0.25, -0.2) is 9.78 Å². The quantitative estimate of drug-likeness (QED) is 0.429. The van der Waals surface area contributed by atoms with Gasteiger partial charge in [-0.15, -0.1) is 11.5 Å². The normalized spacial score (nSPS) is 13.4. The molecular weight excluding hydrogens is 426 g/mol. The zero-order chi connectivity index (χ0) is 23.3. The Balaban J connectivity index is 1.20. The minimum absolute atomic E-state index is 0.165. The number of para-hydroxylation sites is 1. The highest BCUT2D eigenvalue weighted by Crippen LogP contribution is 2.24. The number of anilines is 1. The molecule has 1 amide bonds. The summed E-state index contributed by atoms with van der Waals surface area (Å²) < 4.78 is 7.16. The van der Waals surface area contributed by atoms with Crippen LogP contribution in [0.4, 0.5) is 10.5 Å². The number of amides is 1. The molecule has 34 heavy (non-hydrogen) atoms. The minimum Gasteiger partial charge on any atom is -0.457 e. The van der Waals surface area contributed by atoms with E-state index in [-0.39, 0.29) is 6.03 Å². The number of hydrogen-bond donors (Lipinski definition) is 0. The molecule has 2 heterocycles. The van der Waals surface area contributed by atoms with Crippen LogP contribution < -0.4 is 9.64 Å². The summed E-state index contributed by atoms with van der Waals surface area (Å²) in [5.41, 5.74) is 2.78. The number of piperazine rings is 1. The highest BCUT2D eigenvalue weighted by molar-refractivity contribution is 5.76. The molecule has 0 spiro atoms. The van der Waals surface area contributed by atoms with Crippen LogP contribution in [0.5, 0.6) is 11.5 Å². The van der Waals surface area contributed by atoms with E-state index in [1.54, 1.807) is 4.90 Å². The van der Waals surface area contributed by atoms with Gasteiger partial charge in [0, 0.05) is 43.0 Å². The van der Waals surface area contributed by atoms with Crippen LogP contribution in [0.1, 0.15) is 5.56 Å². The Morgan fingerprint density at radius 2 is 1.50 bits per heavy atom. The second kappa shape index (κ2) is 9.51. The minimum atomic E-state index is -0.165. The van der Waals surface area contributed by atoms with Gasteiger partial charge in [-0.3, -0.25) is 0 Å². The molecule has 1 aliphatic heterocycles. The van der Waals surface area contributed by atoms with Gasteiger partial charge in [0.1, 0.15) is 17.8 Å². The third-order valence-corrected chi connectivity index (χ3v) is 5.73. The predicted octanol–water partition coefficient (Wildman–Crippen LogP) is 4.51. The summed E-state index contributed by atoms with van der Waals surface area (Å²) in [5, 5.41) is 4.41. The second-order valence-electron chi connectivity index (χ2n) is 7.90. The second-order valence-corrected chi connectivity index (χ2v) is 7.90. The maximum Gasteiger partial charge on any atom is 0.346 e. The molecule has 5 rings (SSSR count). The van der Waals surface area contributed by atoms with Gasteiger partial charge < -0.3 is 14.5 Å². The fraction of sp³-hybridized carbons (Fsp3) is 0.148. The smallest absolute Gasteiger partial charge is 0.346 e. The molecule has 1 aliphatic rings. The average Bonchev–Trinajstić information content (AvgIpc) is 3.40. The van der Waals surface area contributed by atoms with Crippen molar-refractivity contribution in [2.75, 3.05) is 31.1 Å². The van der Waals surface area contributed by atoms with Crippen molar-refractivity contribution < 1.29 is 9.53 Å². The van der Waals surface area contributed by atoms with Crippen LogP contribution >= 0.6 is 0 Å².